The number of nitrogens with zero attached hydrogens (tertiary/aromatic N) is 2. The van der Waals surface area contributed by atoms with E-state index < -0.39 is 0 Å². The normalized spacial score (nSPS) is 12.2. The molecule has 0 aliphatic carbocycles. The highest BCUT2D eigenvalue weighted by Gasteiger charge is 2.25. The van der Waals surface area contributed by atoms with Crippen LogP contribution in [0.5, 0.6) is 0 Å². The largest absolute Gasteiger partial charge is 0.376 e. The molecule has 0 amide bonds. The Bertz CT molecular complexity index is 888. The van der Waals surface area contributed by atoms with Gasteiger partial charge in [-0.3, -0.25) is 0 Å². The molecule has 0 unspecified atom stereocenters. The smallest absolute Gasteiger partial charge is 0.0867 e. The van der Waals surface area contributed by atoms with Gasteiger partial charge < -0.3 is 15.1 Å². The number of nitrogens with one attached hydrogen (secondary N) is 1. The molecular weight excluding hydrogens is 318 g/mol. The predicted molar refractivity (Wildman–Crippen MR) is 104 cm³/mol. The number of hydrogen-bond donors (Lipinski definition) is 1. The fourth-order valence-corrected chi connectivity index (χ4v) is 3.25. The van der Waals surface area contributed by atoms with Gasteiger partial charge in [-0.15, -0.1) is 0 Å². The third-order valence-corrected chi connectivity index (χ3v) is 4.48. The van der Waals surface area contributed by atoms with E-state index in [1.807, 2.05) is 12.1 Å². The third kappa shape index (κ3) is 2.38. The van der Waals surface area contributed by atoms with Gasteiger partial charge in [0.05, 0.1) is 28.4 Å². The molecule has 120 valence electrons. The Morgan fingerprint density at radius 2 is 1.54 bits per heavy atom. The van der Waals surface area contributed by atoms with Crippen molar-refractivity contribution in [2.24, 2.45) is 0 Å². The van der Waals surface area contributed by atoms with E-state index in [-0.39, 0.29) is 0 Å². The fraction of sp³-hybridized carbons (Fsp3) is 0.100. The lowest BCUT2D eigenvalue weighted by atomic mass is 10.1. The van der Waals surface area contributed by atoms with Crippen LogP contribution in [0.4, 0.5) is 34.1 Å². The van der Waals surface area contributed by atoms with Crippen LogP contribution in [-0.2, 0) is 0 Å². The minimum Gasteiger partial charge on any atom is -0.376 e. The van der Waals surface area contributed by atoms with E-state index in [1.54, 1.807) is 0 Å². The van der Waals surface area contributed by atoms with Crippen LogP contribution in [-0.4, -0.2) is 14.1 Å². The van der Waals surface area contributed by atoms with Crippen molar-refractivity contribution < 1.29 is 0 Å². The van der Waals surface area contributed by atoms with Gasteiger partial charge in [-0.1, -0.05) is 29.8 Å². The second-order valence-electron chi connectivity index (χ2n) is 6.02. The van der Waals surface area contributed by atoms with Crippen LogP contribution in [0.1, 0.15) is 0 Å². The SMILES string of the molecule is CN(C)c1cccc2c1Nc1ccccc1N2c1ccc(Cl)cc1. The number of rotatable bonds is 2. The van der Waals surface area contributed by atoms with Crippen molar-refractivity contribution in [2.45, 2.75) is 0 Å². The molecule has 3 nitrogen and oxygen atoms in total. The highest BCUT2D eigenvalue weighted by Crippen LogP contribution is 2.50. The molecule has 1 N–H and O–H groups in total. The van der Waals surface area contributed by atoms with Crippen LogP contribution >= 0.6 is 11.6 Å². The minimum absolute atomic E-state index is 0.740. The van der Waals surface area contributed by atoms with Crippen molar-refractivity contribution in [3.8, 4) is 0 Å². The summed E-state index contributed by atoms with van der Waals surface area (Å²) < 4.78 is 0. The highest BCUT2D eigenvalue weighted by atomic mass is 35.5. The Balaban J connectivity index is 1.96. The number of hydrogen-bond acceptors (Lipinski definition) is 3. The van der Waals surface area contributed by atoms with Crippen molar-refractivity contribution >= 4 is 45.7 Å². The summed E-state index contributed by atoms with van der Waals surface area (Å²) in [6.07, 6.45) is 0. The predicted octanol–water partition coefficient (Wildman–Crippen LogP) is 5.93. The van der Waals surface area contributed by atoms with Gasteiger partial charge in [0.2, 0.25) is 0 Å². The van der Waals surface area contributed by atoms with E-state index in [0.29, 0.717) is 0 Å². The Kier molecular flexibility index (Phi) is 3.58. The molecule has 0 fully saturated rings. The van der Waals surface area contributed by atoms with E-state index in [4.69, 9.17) is 11.6 Å². The van der Waals surface area contributed by atoms with Crippen LogP contribution in [0.3, 0.4) is 0 Å². The third-order valence-electron chi connectivity index (χ3n) is 4.23. The van der Waals surface area contributed by atoms with E-state index in [2.05, 4.69) is 83.8 Å². The van der Waals surface area contributed by atoms with E-state index in [0.717, 1.165) is 39.1 Å². The van der Waals surface area contributed by atoms with Gasteiger partial charge in [0.15, 0.2) is 0 Å². The summed E-state index contributed by atoms with van der Waals surface area (Å²) in [7, 11) is 4.12. The Hall–Kier alpha value is -2.65. The molecule has 24 heavy (non-hydrogen) atoms. The molecule has 4 heteroatoms. The molecule has 0 saturated heterocycles. The fourth-order valence-electron chi connectivity index (χ4n) is 3.12. The van der Waals surface area contributed by atoms with Crippen LogP contribution in [0, 0.1) is 0 Å². The monoisotopic (exact) mass is 335 g/mol. The summed E-state index contributed by atoms with van der Waals surface area (Å²) in [4.78, 5) is 4.39. The van der Waals surface area contributed by atoms with E-state index in [9.17, 15) is 0 Å². The van der Waals surface area contributed by atoms with Gasteiger partial charge in [-0.05, 0) is 48.5 Å². The summed E-state index contributed by atoms with van der Waals surface area (Å²) in [6, 6.07) is 22.7. The molecule has 0 radical (unpaired) electrons. The zero-order valence-electron chi connectivity index (χ0n) is 13.6. The van der Waals surface area contributed by atoms with Gasteiger partial charge in [0.25, 0.3) is 0 Å². The average Bonchev–Trinajstić information content (AvgIpc) is 2.60. The van der Waals surface area contributed by atoms with Crippen LogP contribution < -0.4 is 15.1 Å². The molecule has 3 aromatic rings. The quantitative estimate of drug-likeness (QED) is 0.489. The molecular formula is C20H18ClN3. The van der Waals surface area contributed by atoms with Gasteiger partial charge in [-0.25, -0.2) is 0 Å². The Labute approximate surface area is 147 Å². The summed E-state index contributed by atoms with van der Waals surface area (Å²) in [5.41, 5.74) is 6.70. The van der Waals surface area contributed by atoms with Crippen LogP contribution in [0.2, 0.25) is 5.02 Å². The summed E-state index contributed by atoms with van der Waals surface area (Å²) in [6.45, 7) is 0. The number of anilines is 6. The average molecular weight is 336 g/mol. The topological polar surface area (TPSA) is 18.5 Å². The van der Waals surface area contributed by atoms with Gasteiger partial charge >= 0.3 is 0 Å². The summed E-state index contributed by atoms with van der Waals surface area (Å²) in [5, 5.41) is 4.33. The van der Waals surface area contributed by atoms with Crippen molar-refractivity contribution in [3.05, 3.63) is 71.8 Å². The first-order valence-electron chi connectivity index (χ1n) is 7.87. The van der Waals surface area contributed by atoms with Crippen molar-refractivity contribution in [2.75, 3.05) is 29.2 Å². The lowest BCUT2D eigenvalue weighted by Crippen LogP contribution is -2.20. The van der Waals surface area contributed by atoms with Crippen molar-refractivity contribution in [1.82, 2.24) is 0 Å². The minimum atomic E-state index is 0.740. The molecule has 0 saturated carbocycles. The first-order chi connectivity index (χ1) is 11.6. The zero-order valence-corrected chi connectivity index (χ0v) is 14.4. The maximum atomic E-state index is 6.08. The lowest BCUT2D eigenvalue weighted by Gasteiger charge is -2.35. The zero-order chi connectivity index (χ0) is 16.7. The van der Waals surface area contributed by atoms with E-state index >= 15 is 0 Å². The van der Waals surface area contributed by atoms with Gasteiger partial charge in [-0.2, -0.15) is 0 Å². The number of benzene rings is 3. The molecule has 1 heterocycles. The molecule has 0 spiro atoms. The molecule has 3 aromatic carbocycles. The second kappa shape index (κ2) is 5.77. The lowest BCUT2D eigenvalue weighted by molar-refractivity contribution is 1.12. The maximum Gasteiger partial charge on any atom is 0.0867 e. The van der Waals surface area contributed by atoms with Crippen LogP contribution in [0.25, 0.3) is 0 Å². The molecule has 4 rings (SSSR count). The summed E-state index contributed by atoms with van der Waals surface area (Å²) in [5.74, 6) is 0. The van der Waals surface area contributed by atoms with Crippen molar-refractivity contribution in [1.29, 1.82) is 0 Å². The standard InChI is InChI=1S/C20H18ClN3/c1-23(2)18-8-5-9-19-20(18)22-16-6-3-4-7-17(16)24(19)15-12-10-14(21)11-13-15/h3-13,22H,1-2H3. The van der Waals surface area contributed by atoms with Gasteiger partial charge in [0.1, 0.15) is 0 Å². The molecule has 1 aliphatic rings. The maximum absolute atomic E-state index is 6.08. The number of fused-ring (bicyclic) bond motifs is 2. The number of halogens is 1. The second-order valence-corrected chi connectivity index (χ2v) is 6.46. The molecule has 0 bridgehead atoms. The van der Waals surface area contributed by atoms with Crippen LogP contribution in [0.15, 0.2) is 66.7 Å². The molecule has 0 atom stereocenters. The Morgan fingerprint density at radius 1 is 0.833 bits per heavy atom. The first kappa shape index (κ1) is 14.9. The highest BCUT2D eigenvalue weighted by molar-refractivity contribution is 6.30. The number of para-hydroxylation sites is 3. The summed E-state index contributed by atoms with van der Waals surface area (Å²) >= 11 is 6.08. The Morgan fingerprint density at radius 3 is 2.29 bits per heavy atom. The van der Waals surface area contributed by atoms with E-state index in [1.165, 1.54) is 0 Å². The van der Waals surface area contributed by atoms with Crippen molar-refractivity contribution in [3.63, 3.8) is 0 Å². The molecule has 0 aromatic heterocycles. The van der Waals surface area contributed by atoms with Gasteiger partial charge in [0, 0.05) is 24.8 Å². The molecule has 1 aliphatic heterocycles. The first-order valence-corrected chi connectivity index (χ1v) is 8.25.